The van der Waals surface area contributed by atoms with Gasteiger partial charge in [0.25, 0.3) is 0 Å². The van der Waals surface area contributed by atoms with E-state index in [4.69, 9.17) is 0 Å². The smallest absolute Gasteiger partial charge is 0.0266 e. The second-order valence-corrected chi connectivity index (χ2v) is 2.08. The van der Waals surface area contributed by atoms with Crippen molar-refractivity contribution in [2.24, 2.45) is 0 Å². The van der Waals surface area contributed by atoms with Gasteiger partial charge in [0, 0.05) is 11.7 Å². The quantitative estimate of drug-likeness (QED) is 0.502. The summed E-state index contributed by atoms with van der Waals surface area (Å²) in [5, 5.41) is 0. The minimum atomic E-state index is 0.935. The molecule has 2 aromatic heterocycles. The normalized spacial score (nSPS) is 10.4. The molecule has 2 rings (SSSR count). The van der Waals surface area contributed by atoms with Gasteiger partial charge in [-0.1, -0.05) is 0 Å². The number of imidazole rings is 1. The van der Waals surface area contributed by atoms with Gasteiger partial charge in [-0.3, -0.25) is 4.98 Å². The van der Waals surface area contributed by atoms with Gasteiger partial charge in [0.15, 0.2) is 0 Å². The van der Waals surface area contributed by atoms with Crippen LogP contribution in [0.4, 0.5) is 0 Å². The summed E-state index contributed by atoms with van der Waals surface area (Å²) >= 11 is 0. The lowest BCUT2D eigenvalue weighted by Crippen LogP contribution is -1.80. The molecule has 0 saturated carbocycles. The minimum Gasteiger partial charge on any atom is -0.470 e. The zero-order chi connectivity index (χ0) is 6.97. The van der Waals surface area contributed by atoms with E-state index >= 15 is 0 Å². The maximum absolute atomic E-state index is 4.08. The standard InChI is InChI=1S/C7H6N3/c1-10-5-9-6-2-3-8-4-7(6)10/h2-5H,1H2/q-1. The molecule has 10 heavy (non-hydrogen) atoms. The minimum absolute atomic E-state index is 0.935. The van der Waals surface area contributed by atoms with E-state index < -0.39 is 0 Å². The van der Waals surface area contributed by atoms with E-state index in [2.05, 4.69) is 17.0 Å². The summed E-state index contributed by atoms with van der Waals surface area (Å²) in [5.74, 6) is 0. The van der Waals surface area contributed by atoms with Crippen molar-refractivity contribution in [3.63, 3.8) is 0 Å². The van der Waals surface area contributed by atoms with Crippen molar-refractivity contribution in [1.82, 2.24) is 14.5 Å². The zero-order valence-corrected chi connectivity index (χ0v) is 5.36. The molecule has 0 N–H and O–H groups in total. The fourth-order valence-electron chi connectivity index (χ4n) is 0.903. The van der Waals surface area contributed by atoms with Gasteiger partial charge < -0.3 is 9.55 Å². The van der Waals surface area contributed by atoms with Gasteiger partial charge in [-0.15, -0.1) is 7.05 Å². The van der Waals surface area contributed by atoms with Crippen LogP contribution in [0.3, 0.4) is 0 Å². The summed E-state index contributed by atoms with van der Waals surface area (Å²) in [4.78, 5) is 8.02. The van der Waals surface area contributed by atoms with Crippen LogP contribution >= 0.6 is 0 Å². The molecular weight excluding hydrogens is 126 g/mol. The number of hydrogen-bond acceptors (Lipinski definition) is 2. The van der Waals surface area contributed by atoms with Crippen molar-refractivity contribution in [2.45, 2.75) is 0 Å². The van der Waals surface area contributed by atoms with E-state index in [1.54, 1.807) is 23.3 Å². The third-order valence-electron chi connectivity index (χ3n) is 1.42. The van der Waals surface area contributed by atoms with Crippen LogP contribution < -0.4 is 0 Å². The second-order valence-electron chi connectivity index (χ2n) is 2.08. The first kappa shape index (κ1) is 5.29. The lowest BCUT2D eigenvalue weighted by Gasteiger charge is -1.99. The van der Waals surface area contributed by atoms with Crippen LogP contribution in [0, 0.1) is 7.05 Å². The molecule has 0 unspecified atom stereocenters. The highest BCUT2D eigenvalue weighted by atomic mass is 15.0. The first-order chi connectivity index (χ1) is 4.88. The van der Waals surface area contributed by atoms with E-state index in [-0.39, 0.29) is 0 Å². The van der Waals surface area contributed by atoms with Gasteiger partial charge in [-0.25, -0.2) is 0 Å². The Bertz CT molecular complexity index is 350. The molecule has 0 radical (unpaired) electrons. The number of pyridine rings is 1. The highest BCUT2D eigenvalue weighted by molar-refractivity contribution is 5.73. The molecule has 0 saturated heterocycles. The first-order valence-corrected chi connectivity index (χ1v) is 2.96. The summed E-state index contributed by atoms with van der Waals surface area (Å²) in [7, 11) is 3.72. The maximum atomic E-state index is 4.08. The first-order valence-electron chi connectivity index (χ1n) is 2.96. The van der Waals surface area contributed by atoms with Gasteiger partial charge in [0.1, 0.15) is 0 Å². The van der Waals surface area contributed by atoms with E-state index in [1.807, 2.05) is 6.07 Å². The van der Waals surface area contributed by atoms with E-state index in [0.29, 0.717) is 0 Å². The molecule has 0 aliphatic heterocycles. The molecule has 0 aromatic carbocycles. The molecular formula is C7H6N3-. The maximum Gasteiger partial charge on any atom is 0.0266 e. The highest BCUT2D eigenvalue weighted by Crippen LogP contribution is 2.07. The summed E-state index contributed by atoms with van der Waals surface area (Å²) in [5.41, 5.74) is 1.90. The van der Waals surface area contributed by atoms with Gasteiger partial charge in [-0.05, 0) is 24.1 Å². The largest absolute Gasteiger partial charge is 0.470 e. The topological polar surface area (TPSA) is 30.7 Å². The Hall–Kier alpha value is -1.51. The summed E-state index contributed by atoms with van der Waals surface area (Å²) in [6, 6.07) is 1.86. The van der Waals surface area contributed by atoms with Crippen molar-refractivity contribution in [2.75, 3.05) is 0 Å². The molecule has 3 nitrogen and oxygen atoms in total. The van der Waals surface area contributed by atoms with Crippen molar-refractivity contribution >= 4 is 11.0 Å². The Kier molecular flexibility index (Phi) is 0.917. The monoisotopic (exact) mass is 132 g/mol. The molecule has 2 heterocycles. The second kappa shape index (κ2) is 1.73. The fourth-order valence-corrected chi connectivity index (χ4v) is 0.903. The molecule has 0 bridgehead atoms. The molecule has 0 fully saturated rings. The Morgan fingerprint density at radius 3 is 3.20 bits per heavy atom. The van der Waals surface area contributed by atoms with Crippen LogP contribution in [0.15, 0.2) is 24.8 Å². The average molecular weight is 132 g/mol. The molecule has 0 aliphatic carbocycles. The van der Waals surface area contributed by atoms with Gasteiger partial charge in [0.05, 0.1) is 0 Å². The fraction of sp³-hybridized carbons (Fsp3) is 0. The van der Waals surface area contributed by atoms with Crippen LogP contribution in [0.5, 0.6) is 0 Å². The Morgan fingerprint density at radius 1 is 1.50 bits per heavy atom. The third-order valence-corrected chi connectivity index (χ3v) is 1.42. The molecule has 0 spiro atoms. The van der Waals surface area contributed by atoms with Crippen LogP contribution in [0.25, 0.3) is 11.0 Å². The van der Waals surface area contributed by atoms with Crippen molar-refractivity contribution in [1.29, 1.82) is 0 Å². The Labute approximate surface area is 58.3 Å². The summed E-state index contributed by atoms with van der Waals surface area (Å²) < 4.78 is 1.70. The Morgan fingerprint density at radius 2 is 2.40 bits per heavy atom. The van der Waals surface area contributed by atoms with E-state index in [9.17, 15) is 0 Å². The lowest BCUT2D eigenvalue weighted by atomic mass is 10.4. The molecule has 0 aliphatic rings. The van der Waals surface area contributed by atoms with Crippen molar-refractivity contribution in [3.8, 4) is 0 Å². The summed E-state index contributed by atoms with van der Waals surface area (Å²) in [6.07, 6.45) is 5.14. The van der Waals surface area contributed by atoms with Crippen molar-refractivity contribution < 1.29 is 0 Å². The van der Waals surface area contributed by atoms with Crippen LogP contribution in [-0.4, -0.2) is 14.5 Å². The Balaban J connectivity index is 2.93. The predicted octanol–water partition coefficient (Wildman–Crippen LogP) is 1.07. The van der Waals surface area contributed by atoms with Gasteiger partial charge in [-0.2, -0.15) is 0 Å². The van der Waals surface area contributed by atoms with Gasteiger partial charge in [0.2, 0.25) is 0 Å². The average Bonchev–Trinajstić information content (AvgIpc) is 2.34. The van der Waals surface area contributed by atoms with E-state index in [1.165, 1.54) is 0 Å². The third kappa shape index (κ3) is 0.572. The SMILES string of the molecule is [CH2-]n1cnc2ccncc21. The lowest BCUT2D eigenvalue weighted by molar-refractivity contribution is 1.09. The van der Waals surface area contributed by atoms with Crippen LogP contribution in [-0.2, 0) is 0 Å². The number of rotatable bonds is 0. The molecule has 0 amide bonds. The predicted molar refractivity (Wildman–Crippen MR) is 38.3 cm³/mol. The summed E-state index contributed by atoms with van der Waals surface area (Å²) in [6.45, 7) is 0. The molecule has 50 valence electrons. The number of nitrogens with zero attached hydrogens (tertiary/aromatic N) is 3. The molecule has 2 aromatic rings. The molecule has 0 atom stereocenters. The van der Waals surface area contributed by atoms with Crippen molar-refractivity contribution in [3.05, 3.63) is 31.8 Å². The number of aromatic nitrogens is 3. The number of fused-ring (bicyclic) bond motifs is 1. The van der Waals surface area contributed by atoms with E-state index in [0.717, 1.165) is 11.0 Å². The van der Waals surface area contributed by atoms with Gasteiger partial charge >= 0.3 is 0 Å². The number of hydrogen-bond donors (Lipinski definition) is 0. The highest BCUT2D eigenvalue weighted by Gasteiger charge is 1.86. The van der Waals surface area contributed by atoms with Crippen LogP contribution in [0.2, 0.25) is 0 Å². The zero-order valence-electron chi connectivity index (χ0n) is 5.36. The van der Waals surface area contributed by atoms with Crippen LogP contribution in [0.1, 0.15) is 0 Å². The molecule has 3 heteroatoms.